The summed E-state index contributed by atoms with van der Waals surface area (Å²) in [6.07, 6.45) is 3.34. The maximum Gasteiger partial charge on any atom is 0.247 e. The van der Waals surface area contributed by atoms with Crippen LogP contribution in [0.5, 0.6) is 0 Å². The lowest BCUT2D eigenvalue weighted by Crippen LogP contribution is -2.26. The van der Waals surface area contributed by atoms with Crippen molar-refractivity contribution in [1.82, 2.24) is 4.57 Å². The molecule has 0 saturated heterocycles. The van der Waals surface area contributed by atoms with Crippen LogP contribution in [0.3, 0.4) is 0 Å². The lowest BCUT2D eigenvalue weighted by molar-refractivity contribution is -0.611. The molecule has 1 aromatic carbocycles. The molecule has 0 atom stereocenters. The Balaban J connectivity index is 2.58. The van der Waals surface area contributed by atoms with Gasteiger partial charge in [0, 0.05) is 12.5 Å². The van der Waals surface area contributed by atoms with E-state index < -0.39 is 0 Å². The minimum atomic E-state index is 0.639. The van der Waals surface area contributed by atoms with Crippen molar-refractivity contribution >= 4 is 0 Å². The Kier molecular flexibility index (Phi) is 2.77. The minimum absolute atomic E-state index is 0.639. The summed E-state index contributed by atoms with van der Waals surface area (Å²) in [4.78, 5) is 0. The Hall–Kier alpha value is -2.03. The molecule has 16 heavy (non-hydrogen) atoms. The second-order valence-electron chi connectivity index (χ2n) is 3.68. The molecule has 0 spiro atoms. The molecule has 0 radical (unpaired) electrons. The first-order valence-electron chi connectivity index (χ1n) is 5.19. The summed E-state index contributed by atoms with van der Waals surface area (Å²) < 4.78 is 2.80. The number of allylic oxidation sites excluding steroid dienone is 1. The van der Waals surface area contributed by atoms with Gasteiger partial charge in [0.05, 0.1) is 0 Å². The lowest BCUT2D eigenvalue weighted by atomic mass is 10.1. The van der Waals surface area contributed by atoms with Crippen LogP contribution in [0.4, 0.5) is 0 Å². The predicted molar refractivity (Wildman–Crippen MR) is 63.8 cm³/mol. The van der Waals surface area contributed by atoms with Crippen molar-refractivity contribution in [3.05, 3.63) is 60.2 Å². The molecule has 0 saturated carbocycles. The molecule has 3 nitrogen and oxygen atoms in total. The van der Waals surface area contributed by atoms with Crippen molar-refractivity contribution in [3.63, 3.8) is 0 Å². The summed E-state index contributed by atoms with van der Waals surface area (Å²) in [6.45, 7) is 6.17. The third kappa shape index (κ3) is 1.72. The highest BCUT2D eigenvalue weighted by molar-refractivity contribution is 5.61. The normalized spacial score (nSPS) is 10.3. The Bertz CT molecular complexity index is 500. The summed E-state index contributed by atoms with van der Waals surface area (Å²) >= 11 is 0. The van der Waals surface area contributed by atoms with Gasteiger partial charge in [-0.3, -0.25) is 0 Å². The highest BCUT2D eigenvalue weighted by Gasteiger charge is 2.16. The van der Waals surface area contributed by atoms with Crippen molar-refractivity contribution in [1.29, 1.82) is 0 Å². The van der Waals surface area contributed by atoms with E-state index in [1.807, 2.05) is 41.8 Å². The summed E-state index contributed by atoms with van der Waals surface area (Å²) in [5.41, 5.74) is 2.72. The molecule has 0 bridgehead atoms. The van der Waals surface area contributed by atoms with E-state index in [-0.39, 0.29) is 0 Å². The van der Waals surface area contributed by atoms with E-state index in [0.29, 0.717) is 12.2 Å². The van der Waals surface area contributed by atoms with E-state index in [1.54, 1.807) is 12.4 Å². The molecule has 0 amide bonds. The van der Waals surface area contributed by atoms with Crippen molar-refractivity contribution in [2.75, 3.05) is 0 Å². The maximum atomic E-state index is 11.6. The van der Waals surface area contributed by atoms with Gasteiger partial charge in [-0.05, 0) is 0 Å². The van der Waals surface area contributed by atoms with Crippen molar-refractivity contribution in [2.45, 2.75) is 13.5 Å². The largest absolute Gasteiger partial charge is 0.711 e. The van der Waals surface area contributed by atoms with E-state index in [1.165, 1.54) is 0 Å². The van der Waals surface area contributed by atoms with Gasteiger partial charge in [-0.15, -0.1) is 0 Å². The Morgan fingerprint density at radius 2 is 2.06 bits per heavy atom. The first-order chi connectivity index (χ1) is 7.74. The number of imidazole rings is 1. The molecular weight excluding hydrogens is 200 g/mol. The number of hydrogen-bond donors (Lipinski definition) is 0. The third-order valence-corrected chi connectivity index (χ3v) is 2.58. The number of aromatic nitrogens is 2. The molecular formula is C13H14N2O. The van der Waals surface area contributed by atoms with Crippen LogP contribution in [-0.2, 0) is 6.54 Å². The molecule has 0 aliphatic carbocycles. The Morgan fingerprint density at radius 1 is 1.38 bits per heavy atom. The van der Waals surface area contributed by atoms with Crippen molar-refractivity contribution in [2.24, 2.45) is 0 Å². The van der Waals surface area contributed by atoms with Gasteiger partial charge >= 0.3 is 0 Å². The molecule has 0 fully saturated rings. The topological polar surface area (TPSA) is 31.9 Å². The zero-order valence-corrected chi connectivity index (χ0v) is 9.26. The van der Waals surface area contributed by atoms with Crippen LogP contribution in [-0.4, -0.2) is 4.57 Å². The van der Waals surface area contributed by atoms with Crippen LogP contribution in [0, 0.1) is 12.1 Å². The maximum absolute atomic E-state index is 11.6. The van der Waals surface area contributed by atoms with E-state index in [9.17, 15) is 5.21 Å². The summed E-state index contributed by atoms with van der Waals surface area (Å²) in [7, 11) is 0. The van der Waals surface area contributed by atoms with Gasteiger partial charge in [0.2, 0.25) is 6.33 Å². The average Bonchev–Trinajstić information content (AvgIpc) is 2.57. The quantitative estimate of drug-likeness (QED) is 0.438. The van der Waals surface area contributed by atoms with E-state index in [0.717, 1.165) is 16.0 Å². The molecule has 3 heteroatoms. The van der Waals surface area contributed by atoms with E-state index >= 15 is 0 Å². The van der Waals surface area contributed by atoms with Gasteiger partial charge in [-0.25, -0.2) is 9.30 Å². The fourth-order valence-electron chi connectivity index (χ4n) is 1.83. The Morgan fingerprint density at radius 3 is 2.69 bits per heavy atom. The average molecular weight is 214 g/mol. The van der Waals surface area contributed by atoms with Crippen LogP contribution >= 0.6 is 0 Å². The molecule has 82 valence electrons. The van der Waals surface area contributed by atoms with Gasteiger partial charge in [0.25, 0.3) is 0 Å². The van der Waals surface area contributed by atoms with Crippen LogP contribution in [0.25, 0.3) is 11.3 Å². The monoisotopic (exact) mass is 214 g/mol. The van der Waals surface area contributed by atoms with Gasteiger partial charge in [0.15, 0.2) is 11.4 Å². The third-order valence-electron chi connectivity index (χ3n) is 2.58. The summed E-state index contributed by atoms with van der Waals surface area (Å²) in [5.74, 6) is 0. The number of nitrogens with zero attached hydrogens (tertiary/aromatic N) is 2. The summed E-state index contributed by atoms with van der Waals surface area (Å²) in [5, 5.41) is 11.6. The minimum Gasteiger partial charge on any atom is -0.711 e. The van der Waals surface area contributed by atoms with Crippen molar-refractivity contribution in [3.8, 4) is 11.3 Å². The fourth-order valence-corrected chi connectivity index (χ4v) is 1.83. The summed E-state index contributed by atoms with van der Waals surface area (Å²) in [6, 6.07) is 9.90. The predicted octanol–water partition coefficient (Wildman–Crippen LogP) is 2.28. The van der Waals surface area contributed by atoms with Crippen molar-refractivity contribution < 1.29 is 4.73 Å². The zero-order valence-electron chi connectivity index (χ0n) is 9.26. The molecule has 0 unspecified atom stereocenters. The lowest BCUT2D eigenvalue weighted by Gasteiger charge is -2.00. The number of hydrogen-bond acceptors (Lipinski definition) is 1. The SMILES string of the molecule is C=CCn1c[n+]([O-])c(C)c1-c1ccccc1. The van der Waals surface area contributed by atoms with Crippen LogP contribution in [0.2, 0.25) is 0 Å². The van der Waals surface area contributed by atoms with Gasteiger partial charge in [-0.1, -0.05) is 43.0 Å². The highest BCUT2D eigenvalue weighted by atomic mass is 16.5. The van der Waals surface area contributed by atoms with E-state index in [4.69, 9.17) is 0 Å². The first-order valence-corrected chi connectivity index (χ1v) is 5.19. The zero-order chi connectivity index (χ0) is 11.5. The number of benzene rings is 1. The molecule has 2 aromatic rings. The first kappa shape index (κ1) is 10.5. The van der Waals surface area contributed by atoms with Crippen LogP contribution in [0.1, 0.15) is 5.69 Å². The smallest absolute Gasteiger partial charge is 0.247 e. The van der Waals surface area contributed by atoms with E-state index in [2.05, 4.69) is 6.58 Å². The van der Waals surface area contributed by atoms with Crippen LogP contribution < -0.4 is 4.73 Å². The van der Waals surface area contributed by atoms with Crippen LogP contribution in [0.15, 0.2) is 49.3 Å². The van der Waals surface area contributed by atoms with Gasteiger partial charge in [-0.2, -0.15) is 0 Å². The standard InChI is InChI=1S/C13H14N2O/c1-3-9-14-10-15(16)11(2)13(14)12-7-5-4-6-8-12/h3-8,10H,1,9H2,2H3. The molecule has 0 N–H and O–H groups in total. The highest BCUT2D eigenvalue weighted by Crippen LogP contribution is 2.21. The second-order valence-corrected chi connectivity index (χ2v) is 3.68. The van der Waals surface area contributed by atoms with Gasteiger partial charge in [0.1, 0.15) is 6.54 Å². The molecule has 1 aromatic heterocycles. The molecule has 1 heterocycles. The molecule has 0 aliphatic heterocycles. The molecule has 2 rings (SSSR count). The second kappa shape index (κ2) is 4.23. The van der Waals surface area contributed by atoms with Gasteiger partial charge < -0.3 is 5.21 Å². The molecule has 0 aliphatic rings. The fraction of sp³-hybridized carbons (Fsp3) is 0.154. The Labute approximate surface area is 94.9 Å². The number of rotatable bonds is 3.